The van der Waals surface area contributed by atoms with Crippen LogP contribution in [-0.4, -0.2) is 7.11 Å². The van der Waals surface area contributed by atoms with E-state index in [2.05, 4.69) is 0 Å². The molecule has 2 heteroatoms. The topological polar surface area (TPSA) is 9.23 Å². The van der Waals surface area contributed by atoms with Gasteiger partial charge in [0, 0.05) is 10.4 Å². The Morgan fingerprint density at radius 3 is 2.18 bits per heavy atom. The quantitative estimate of drug-likeness (QED) is 0.577. The summed E-state index contributed by atoms with van der Waals surface area (Å²) in [5.74, 6) is 0. The Bertz CT molecular complexity index is 306. The first-order valence-electron chi connectivity index (χ1n) is 3.26. The summed E-state index contributed by atoms with van der Waals surface area (Å²) < 4.78 is 16.6. The van der Waals surface area contributed by atoms with Gasteiger partial charge in [-0.15, -0.1) is 0 Å². The van der Waals surface area contributed by atoms with Gasteiger partial charge in [0.15, 0.2) is 0 Å². The smallest absolute Gasteiger partial charge is 0.0939 e. The summed E-state index contributed by atoms with van der Waals surface area (Å²) in [7, 11) is 1.58. The lowest BCUT2D eigenvalue weighted by Gasteiger charge is -1.86. The number of halogens is 1. The highest BCUT2D eigenvalue weighted by Gasteiger charge is 1.78. The van der Waals surface area contributed by atoms with Crippen molar-refractivity contribution in [3.8, 4) is 0 Å². The maximum Gasteiger partial charge on any atom is 0.0939 e. The van der Waals surface area contributed by atoms with Gasteiger partial charge >= 0.3 is 0 Å². The largest absolute Gasteiger partial charge is 0.504 e. The second kappa shape index (κ2) is 3.76. The van der Waals surface area contributed by atoms with Crippen LogP contribution in [0.15, 0.2) is 24.3 Å². The molecule has 0 atom stereocenters. The first kappa shape index (κ1) is 7.79. The first-order chi connectivity index (χ1) is 5.36. The van der Waals surface area contributed by atoms with E-state index in [4.69, 9.17) is 4.74 Å². The molecule has 1 rings (SSSR count). The van der Waals surface area contributed by atoms with Crippen molar-refractivity contribution in [1.29, 1.82) is 0 Å². The van der Waals surface area contributed by atoms with E-state index in [0.717, 1.165) is 5.22 Å². The van der Waals surface area contributed by atoms with Crippen LogP contribution in [0.1, 0.15) is 0 Å². The molecule has 0 saturated heterocycles. The molecule has 1 aromatic rings. The highest BCUT2D eigenvalue weighted by atomic mass is 19.1. The number of benzene rings is 1. The van der Waals surface area contributed by atoms with E-state index < -0.39 is 0 Å². The van der Waals surface area contributed by atoms with Gasteiger partial charge in [0.2, 0.25) is 0 Å². The molecular formula is C9H9FO. The number of methoxy groups -OCH3 is 1. The third kappa shape index (κ3) is 2.08. The predicted octanol–water partition coefficient (Wildman–Crippen LogP) is 0.779. The van der Waals surface area contributed by atoms with Crippen LogP contribution >= 0.6 is 0 Å². The van der Waals surface area contributed by atoms with Crippen molar-refractivity contribution in [2.24, 2.45) is 0 Å². The third-order valence-corrected chi connectivity index (χ3v) is 1.32. The zero-order chi connectivity index (χ0) is 8.10. The van der Waals surface area contributed by atoms with Crippen molar-refractivity contribution in [2.75, 3.05) is 7.11 Å². The molecule has 0 fully saturated rings. The van der Waals surface area contributed by atoms with Gasteiger partial charge in [0.1, 0.15) is 0 Å². The molecule has 0 aliphatic carbocycles. The molecule has 11 heavy (non-hydrogen) atoms. The van der Waals surface area contributed by atoms with Gasteiger partial charge in [-0.2, -0.15) is 0 Å². The molecule has 0 aliphatic rings. The van der Waals surface area contributed by atoms with Gasteiger partial charge in [-0.3, -0.25) is 0 Å². The minimum Gasteiger partial charge on any atom is -0.504 e. The fourth-order valence-corrected chi connectivity index (χ4v) is 0.783. The van der Waals surface area contributed by atoms with Crippen LogP contribution in [0.2, 0.25) is 0 Å². The third-order valence-electron chi connectivity index (χ3n) is 1.32. The Labute approximate surface area is 64.4 Å². The molecule has 0 N–H and O–H groups in total. The average molecular weight is 152 g/mol. The van der Waals surface area contributed by atoms with Crippen LogP contribution in [0.3, 0.4) is 0 Å². The summed E-state index contributed by atoms with van der Waals surface area (Å²) in [5.41, 5.74) is 0. The molecule has 0 unspecified atom stereocenters. The minimum atomic E-state index is 0.566. The average Bonchev–Trinajstić information content (AvgIpc) is 2.07. The van der Waals surface area contributed by atoms with Crippen molar-refractivity contribution in [3.05, 3.63) is 34.7 Å². The van der Waals surface area contributed by atoms with Crippen LogP contribution in [0.25, 0.3) is 12.6 Å². The first-order valence-corrected chi connectivity index (χ1v) is 3.26. The molecule has 0 aromatic heterocycles. The van der Waals surface area contributed by atoms with Gasteiger partial charge < -0.3 is 4.74 Å². The van der Waals surface area contributed by atoms with E-state index in [1.165, 1.54) is 0 Å². The monoisotopic (exact) mass is 152 g/mol. The van der Waals surface area contributed by atoms with Crippen molar-refractivity contribution in [2.45, 2.75) is 0 Å². The Morgan fingerprint density at radius 2 is 1.73 bits per heavy atom. The maximum atomic E-state index is 11.9. The number of rotatable bonds is 1. The highest BCUT2D eigenvalue weighted by Crippen LogP contribution is 1.73. The van der Waals surface area contributed by atoms with E-state index in [1.54, 1.807) is 37.6 Å². The summed E-state index contributed by atoms with van der Waals surface area (Å²) in [4.78, 5) is 0. The van der Waals surface area contributed by atoms with Crippen molar-refractivity contribution >= 4 is 12.6 Å². The van der Waals surface area contributed by atoms with Gasteiger partial charge in [0.05, 0.1) is 19.7 Å². The molecule has 58 valence electrons. The Morgan fingerprint density at radius 1 is 1.18 bits per heavy atom. The van der Waals surface area contributed by atoms with Crippen molar-refractivity contribution in [1.82, 2.24) is 0 Å². The summed E-state index contributed by atoms with van der Waals surface area (Å²) in [6.07, 6.45) is 2.17. The Kier molecular flexibility index (Phi) is 2.66. The molecule has 0 amide bonds. The number of ether oxygens (including phenoxy) is 1. The summed E-state index contributed by atoms with van der Waals surface area (Å²) in [6, 6.07) is 6.94. The Balaban J connectivity index is 3.11. The van der Waals surface area contributed by atoms with E-state index in [0.29, 0.717) is 11.5 Å². The SMILES string of the molecule is COC=c1ccc(=CF)cc1. The van der Waals surface area contributed by atoms with Gasteiger partial charge in [-0.05, 0) is 0 Å². The molecule has 0 spiro atoms. The molecule has 0 radical (unpaired) electrons. The summed E-state index contributed by atoms with van der Waals surface area (Å²) >= 11 is 0. The normalized spacial score (nSPS) is 8.91. The van der Waals surface area contributed by atoms with Crippen LogP contribution in [0.5, 0.6) is 0 Å². The standard InChI is InChI=1S/C9H9FO/c1-11-7-9-4-2-8(6-10)3-5-9/h2-7H,1H3. The molecule has 1 aromatic carbocycles. The van der Waals surface area contributed by atoms with Gasteiger partial charge in [0.25, 0.3) is 0 Å². The second-order valence-corrected chi connectivity index (χ2v) is 2.13. The summed E-state index contributed by atoms with van der Waals surface area (Å²) in [6.45, 7) is 0. The van der Waals surface area contributed by atoms with Gasteiger partial charge in [-0.25, -0.2) is 4.39 Å². The summed E-state index contributed by atoms with van der Waals surface area (Å²) in [5, 5.41) is 1.50. The molecule has 0 saturated carbocycles. The number of hydrogen-bond acceptors (Lipinski definition) is 1. The second-order valence-electron chi connectivity index (χ2n) is 2.13. The minimum absolute atomic E-state index is 0.566. The number of hydrogen-bond donors (Lipinski definition) is 0. The zero-order valence-corrected chi connectivity index (χ0v) is 6.25. The molecule has 0 aliphatic heterocycles. The lowest BCUT2D eigenvalue weighted by molar-refractivity contribution is 0.391. The van der Waals surface area contributed by atoms with E-state index in [-0.39, 0.29) is 0 Å². The van der Waals surface area contributed by atoms with Crippen LogP contribution in [-0.2, 0) is 4.74 Å². The molecule has 0 bridgehead atoms. The van der Waals surface area contributed by atoms with Crippen LogP contribution < -0.4 is 10.4 Å². The van der Waals surface area contributed by atoms with E-state index in [1.807, 2.05) is 0 Å². The van der Waals surface area contributed by atoms with E-state index >= 15 is 0 Å². The van der Waals surface area contributed by atoms with Crippen LogP contribution in [0.4, 0.5) is 4.39 Å². The van der Waals surface area contributed by atoms with Crippen molar-refractivity contribution in [3.63, 3.8) is 0 Å². The lowest BCUT2D eigenvalue weighted by Crippen LogP contribution is -2.06. The van der Waals surface area contributed by atoms with Crippen LogP contribution in [0, 0.1) is 0 Å². The maximum absolute atomic E-state index is 11.9. The highest BCUT2D eigenvalue weighted by molar-refractivity contribution is 5.21. The zero-order valence-electron chi connectivity index (χ0n) is 6.25. The van der Waals surface area contributed by atoms with Crippen molar-refractivity contribution < 1.29 is 9.13 Å². The molecule has 1 nitrogen and oxygen atoms in total. The molecule has 0 heterocycles. The lowest BCUT2D eigenvalue weighted by atomic mass is 10.3. The fraction of sp³-hybridized carbons (Fsp3) is 0.111. The van der Waals surface area contributed by atoms with E-state index in [9.17, 15) is 4.39 Å². The molecular weight excluding hydrogens is 143 g/mol. The predicted molar refractivity (Wildman–Crippen MR) is 42.7 cm³/mol. The fourth-order valence-electron chi connectivity index (χ4n) is 0.783. The van der Waals surface area contributed by atoms with Gasteiger partial charge in [-0.1, -0.05) is 24.3 Å². The Hall–Kier alpha value is -1.31.